The third kappa shape index (κ3) is 5.56. The number of aliphatic imine (C=N–C) groups is 1. The lowest BCUT2D eigenvalue weighted by atomic mass is 10.1. The summed E-state index contributed by atoms with van der Waals surface area (Å²) in [6, 6.07) is 7.59. The fourth-order valence-electron chi connectivity index (χ4n) is 2.40. The summed E-state index contributed by atoms with van der Waals surface area (Å²) in [6.45, 7) is 5.89. The maximum absolute atomic E-state index is 11.8. The number of aromatic nitrogens is 1. The molecule has 0 aliphatic carbocycles. The third-order valence-corrected chi connectivity index (χ3v) is 4.47. The molecule has 0 radical (unpaired) electrons. The molecule has 0 fully saturated rings. The molecule has 2 rings (SSSR count). The highest BCUT2D eigenvalue weighted by atomic mass is 32.1. The van der Waals surface area contributed by atoms with Crippen LogP contribution in [0.3, 0.4) is 0 Å². The lowest BCUT2D eigenvalue weighted by molar-refractivity contribution is 0.0956. The van der Waals surface area contributed by atoms with Crippen LogP contribution in [0, 0.1) is 6.92 Å². The molecular weight excluding hydrogens is 334 g/mol. The van der Waals surface area contributed by atoms with E-state index >= 15 is 0 Å². The van der Waals surface area contributed by atoms with Crippen molar-refractivity contribution in [3.8, 4) is 0 Å². The van der Waals surface area contributed by atoms with Crippen LogP contribution in [0.4, 0.5) is 0 Å². The summed E-state index contributed by atoms with van der Waals surface area (Å²) in [7, 11) is 3.76. The van der Waals surface area contributed by atoms with E-state index in [1.807, 2.05) is 50.1 Å². The molecule has 25 heavy (non-hydrogen) atoms. The van der Waals surface area contributed by atoms with E-state index in [-0.39, 0.29) is 5.91 Å². The second kappa shape index (κ2) is 9.17. The van der Waals surface area contributed by atoms with Crippen LogP contribution >= 0.6 is 11.3 Å². The molecule has 0 unspecified atom stereocenters. The molecule has 0 atom stereocenters. The lowest BCUT2D eigenvalue weighted by Crippen LogP contribution is -2.38. The van der Waals surface area contributed by atoms with Crippen LogP contribution in [0.25, 0.3) is 0 Å². The third-order valence-electron chi connectivity index (χ3n) is 3.64. The molecule has 1 aromatic heterocycles. The van der Waals surface area contributed by atoms with E-state index in [9.17, 15) is 4.79 Å². The van der Waals surface area contributed by atoms with Crippen molar-refractivity contribution in [3.63, 3.8) is 0 Å². The number of benzene rings is 1. The fraction of sp³-hybridized carbons (Fsp3) is 0.389. The Balaban J connectivity index is 1.90. The first-order chi connectivity index (χ1) is 12.0. The van der Waals surface area contributed by atoms with E-state index in [1.165, 1.54) is 0 Å². The average molecular weight is 359 g/mol. The van der Waals surface area contributed by atoms with Crippen molar-refractivity contribution in [2.24, 2.45) is 4.99 Å². The van der Waals surface area contributed by atoms with E-state index in [2.05, 4.69) is 26.0 Å². The van der Waals surface area contributed by atoms with Crippen LogP contribution in [-0.4, -0.2) is 42.4 Å². The van der Waals surface area contributed by atoms with Crippen LogP contribution in [0.5, 0.6) is 0 Å². The number of thiazole rings is 1. The fourth-order valence-corrected chi connectivity index (χ4v) is 3.00. The zero-order chi connectivity index (χ0) is 18.2. The van der Waals surface area contributed by atoms with Crippen molar-refractivity contribution in [1.29, 1.82) is 0 Å². The van der Waals surface area contributed by atoms with Gasteiger partial charge in [0.25, 0.3) is 5.91 Å². The molecule has 1 amide bonds. The largest absolute Gasteiger partial charge is 0.352 e. The molecule has 1 heterocycles. The van der Waals surface area contributed by atoms with E-state index in [0.29, 0.717) is 25.2 Å². The van der Waals surface area contributed by atoms with Crippen LogP contribution in [0.1, 0.15) is 33.5 Å². The zero-order valence-electron chi connectivity index (χ0n) is 15.2. The van der Waals surface area contributed by atoms with Gasteiger partial charge in [0.05, 0.1) is 17.2 Å². The number of carbonyl (C=O) groups excluding carboxylic acids is 1. The Kier molecular flexibility index (Phi) is 6.94. The number of hydrogen-bond donors (Lipinski definition) is 2. The standard InChI is InChI=1S/C18H25N5OS/c1-5-20-17(24)15-8-6-14(7-9-15)10-21-18(19-3)23(4)11-16-12-25-13(2)22-16/h6-9,12H,5,10-11H2,1-4H3,(H,19,21)(H,20,24). The number of guanidine groups is 1. The van der Waals surface area contributed by atoms with Gasteiger partial charge in [-0.15, -0.1) is 11.3 Å². The normalized spacial score (nSPS) is 11.3. The summed E-state index contributed by atoms with van der Waals surface area (Å²) < 4.78 is 0. The molecule has 0 saturated heterocycles. The van der Waals surface area contributed by atoms with Crippen molar-refractivity contribution in [1.82, 2.24) is 20.5 Å². The van der Waals surface area contributed by atoms with Crippen molar-refractivity contribution in [3.05, 3.63) is 51.5 Å². The summed E-state index contributed by atoms with van der Waals surface area (Å²) in [5, 5.41) is 9.27. The molecule has 134 valence electrons. The molecule has 1 aromatic carbocycles. The first-order valence-corrected chi connectivity index (χ1v) is 9.11. The summed E-state index contributed by atoms with van der Waals surface area (Å²) in [5.41, 5.74) is 2.80. The predicted octanol–water partition coefficient (Wildman–Crippen LogP) is 2.41. The summed E-state index contributed by atoms with van der Waals surface area (Å²) in [4.78, 5) is 22.6. The lowest BCUT2D eigenvalue weighted by Gasteiger charge is -2.21. The van der Waals surface area contributed by atoms with Crippen LogP contribution < -0.4 is 10.6 Å². The molecule has 0 bridgehead atoms. The van der Waals surface area contributed by atoms with Crippen molar-refractivity contribution < 1.29 is 4.79 Å². The molecule has 0 aliphatic rings. The number of aryl methyl sites for hydroxylation is 1. The van der Waals surface area contributed by atoms with E-state index in [0.717, 1.165) is 22.2 Å². The predicted molar refractivity (Wildman–Crippen MR) is 103 cm³/mol. The van der Waals surface area contributed by atoms with Gasteiger partial charge in [0.15, 0.2) is 5.96 Å². The van der Waals surface area contributed by atoms with E-state index in [1.54, 1.807) is 18.4 Å². The first kappa shape index (κ1) is 18.9. The summed E-state index contributed by atoms with van der Waals surface area (Å²) in [5.74, 6) is 0.759. The van der Waals surface area contributed by atoms with Crippen molar-refractivity contribution in [2.75, 3.05) is 20.6 Å². The van der Waals surface area contributed by atoms with Gasteiger partial charge in [-0.3, -0.25) is 9.79 Å². The number of rotatable bonds is 6. The van der Waals surface area contributed by atoms with Gasteiger partial charge in [-0.05, 0) is 31.5 Å². The minimum absolute atomic E-state index is 0.0453. The average Bonchev–Trinajstić information content (AvgIpc) is 3.01. The minimum atomic E-state index is -0.0453. The van der Waals surface area contributed by atoms with Gasteiger partial charge in [-0.25, -0.2) is 4.98 Å². The first-order valence-electron chi connectivity index (χ1n) is 8.23. The van der Waals surface area contributed by atoms with Crippen LogP contribution in [-0.2, 0) is 13.1 Å². The molecule has 7 heteroatoms. The zero-order valence-corrected chi connectivity index (χ0v) is 16.0. The topological polar surface area (TPSA) is 69.6 Å². The van der Waals surface area contributed by atoms with Crippen molar-refractivity contribution in [2.45, 2.75) is 26.9 Å². The highest BCUT2D eigenvalue weighted by Gasteiger charge is 2.09. The summed E-state index contributed by atoms with van der Waals surface area (Å²) in [6.07, 6.45) is 0. The molecule has 0 aliphatic heterocycles. The van der Waals surface area contributed by atoms with Gasteiger partial charge < -0.3 is 15.5 Å². The molecular formula is C18H25N5OS. The second-order valence-corrected chi connectivity index (χ2v) is 6.73. The van der Waals surface area contributed by atoms with Crippen LogP contribution in [0.2, 0.25) is 0 Å². The maximum Gasteiger partial charge on any atom is 0.251 e. The van der Waals surface area contributed by atoms with Gasteiger partial charge >= 0.3 is 0 Å². The Hall–Kier alpha value is -2.41. The summed E-state index contributed by atoms with van der Waals surface area (Å²) >= 11 is 1.65. The minimum Gasteiger partial charge on any atom is -0.352 e. The number of amides is 1. The van der Waals surface area contributed by atoms with Crippen molar-refractivity contribution >= 4 is 23.2 Å². The molecule has 0 saturated carbocycles. The maximum atomic E-state index is 11.8. The Bertz CT molecular complexity index is 723. The number of nitrogens with one attached hydrogen (secondary N) is 2. The quantitative estimate of drug-likeness (QED) is 0.614. The highest BCUT2D eigenvalue weighted by Crippen LogP contribution is 2.10. The van der Waals surface area contributed by atoms with Gasteiger partial charge in [0, 0.05) is 38.1 Å². The highest BCUT2D eigenvalue weighted by molar-refractivity contribution is 7.09. The Morgan fingerprint density at radius 3 is 2.56 bits per heavy atom. The SMILES string of the molecule is CCNC(=O)c1ccc(CNC(=NC)N(C)Cc2csc(C)n2)cc1. The van der Waals surface area contributed by atoms with Gasteiger partial charge in [0.2, 0.25) is 0 Å². The molecule has 6 nitrogen and oxygen atoms in total. The number of carbonyl (C=O) groups is 1. The van der Waals surface area contributed by atoms with Gasteiger partial charge in [-0.1, -0.05) is 12.1 Å². The monoisotopic (exact) mass is 359 g/mol. The van der Waals surface area contributed by atoms with E-state index in [4.69, 9.17) is 0 Å². The molecule has 2 aromatic rings. The number of nitrogens with zero attached hydrogens (tertiary/aromatic N) is 3. The number of hydrogen-bond acceptors (Lipinski definition) is 4. The van der Waals surface area contributed by atoms with Gasteiger partial charge in [-0.2, -0.15) is 0 Å². The Morgan fingerprint density at radius 1 is 1.28 bits per heavy atom. The Morgan fingerprint density at radius 2 is 2.00 bits per heavy atom. The van der Waals surface area contributed by atoms with Crippen LogP contribution in [0.15, 0.2) is 34.6 Å². The molecule has 2 N–H and O–H groups in total. The molecule has 0 spiro atoms. The van der Waals surface area contributed by atoms with Gasteiger partial charge in [0.1, 0.15) is 0 Å². The van der Waals surface area contributed by atoms with E-state index < -0.39 is 0 Å². The Labute approximate surface area is 153 Å². The smallest absolute Gasteiger partial charge is 0.251 e. The second-order valence-electron chi connectivity index (χ2n) is 5.67.